The Hall–Kier alpha value is -1.08. The summed E-state index contributed by atoms with van der Waals surface area (Å²) in [5.74, 6) is 0. The van der Waals surface area contributed by atoms with E-state index in [0.29, 0.717) is 0 Å². The van der Waals surface area contributed by atoms with E-state index in [2.05, 4.69) is 15.9 Å². The quantitative estimate of drug-likeness (QED) is 0.780. The van der Waals surface area contributed by atoms with Gasteiger partial charge in [-0.05, 0) is 29.3 Å². The summed E-state index contributed by atoms with van der Waals surface area (Å²) in [6.07, 6.45) is -5.16. The Kier molecular flexibility index (Phi) is 7.07. The van der Waals surface area contributed by atoms with Gasteiger partial charge in [-0.1, -0.05) is 46.3 Å². The average molecular weight is 411 g/mol. The third kappa shape index (κ3) is 5.49. The molecule has 0 radical (unpaired) electrons. The van der Waals surface area contributed by atoms with Crippen molar-refractivity contribution < 1.29 is 18.3 Å². The van der Waals surface area contributed by atoms with Crippen LogP contribution in [0.5, 0.6) is 0 Å². The molecule has 0 unspecified atom stereocenters. The fourth-order valence-electron chi connectivity index (χ4n) is 2.17. The largest absolute Gasteiger partial charge is 0.416 e. The van der Waals surface area contributed by atoms with Crippen LogP contribution in [-0.4, -0.2) is 11.2 Å². The van der Waals surface area contributed by atoms with E-state index >= 15 is 0 Å². The van der Waals surface area contributed by atoms with Gasteiger partial charge in [0, 0.05) is 10.9 Å². The molecule has 3 N–H and O–H groups in total. The molecule has 2 aromatic carbocycles. The number of aliphatic hydroxyl groups excluding tert-OH is 1. The van der Waals surface area contributed by atoms with Crippen LogP contribution in [0.15, 0.2) is 53.0 Å². The maximum Gasteiger partial charge on any atom is 0.416 e. The van der Waals surface area contributed by atoms with Crippen LogP contribution < -0.4 is 5.73 Å². The molecule has 0 heterocycles. The molecule has 2 atom stereocenters. The van der Waals surface area contributed by atoms with E-state index in [1.807, 2.05) is 30.3 Å². The van der Waals surface area contributed by atoms with Gasteiger partial charge in [0.1, 0.15) is 0 Å². The zero-order valence-electron chi connectivity index (χ0n) is 11.9. The molecule has 0 aliphatic heterocycles. The molecule has 0 spiro atoms. The minimum atomic E-state index is -4.46. The van der Waals surface area contributed by atoms with Crippen molar-refractivity contribution >= 4 is 28.3 Å². The Morgan fingerprint density at radius 2 is 1.70 bits per heavy atom. The Balaban J connectivity index is 0.00000264. The van der Waals surface area contributed by atoms with Crippen molar-refractivity contribution in [3.8, 4) is 0 Å². The van der Waals surface area contributed by atoms with Crippen molar-refractivity contribution in [3.63, 3.8) is 0 Å². The number of alkyl halides is 3. The summed E-state index contributed by atoms with van der Waals surface area (Å²) in [7, 11) is 0. The SMILES string of the molecule is Cl.N[C@H](c1cc(Br)cc(C(F)(F)F)c1)[C@@H](O)Cc1ccccc1. The number of nitrogens with two attached hydrogens (primary N) is 1. The third-order valence-electron chi connectivity index (χ3n) is 3.33. The van der Waals surface area contributed by atoms with E-state index in [4.69, 9.17) is 5.73 Å². The minimum Gasteiger partial charge on any atom is -0.391 e. The van der Waals surface area contributed by atoms with Gasteiger partial charge in [-0.3, -0.25) is 0 Å². The zero-order valence-corrected chi connectivity index (χ0v) is 14.3. The first kappa shape index (κ1) is 20.0. The van der Waals surface area contributed by atoms with Crippen LogP contribution in [0.25, 0.3) is 0 Å². The predicted octanol–water partition coefficient (Wildman–Crippen LogP) is 4.49. The second kappa shape index (κ2) is 8.15. The molecule has 23 heavy (non-hydrogen) atoms. The lowest BCUT2D eigenvalue weighted by atomic mass is 9.95. The monoisotopic (exact) mass is 409 g/mol. The minimum absolute atomic E-state index is 0. The third-order valence-corrected chi connectivity index (χ3v) is 3.79. The standard InChI is InChI=1S/C16H15BrF3NO.ClH/c17-13-8-11(7-12(9-13)16(18,19)20)15(21)14(22)6-10-4-2-1-3-5-10;/h1-5,7-9,14-15,22H,6,21H2;1H/t14-,15+;/m0./s1. The van der Waals surface area contributed by atoms with Gasteiger partial charge in [0.25, 0.3) is 0 Å². The van der Waals surface area contributed by atoms with Gasteiger partial charge in [-0.25, -0.2) is 0 Å². The van der Waals surface area contributed by atoms with E-state index in [-0.39, 0.29) is 28.9 Å². The van der Waals surface area contributed by atoms with Crippen molar-refractivity contribution in [2.24, 2.45) is 5.73 Å². The summed E-state index contributed by atoms with van der Waals surface area (Å²) < 4.78 is 38.8. The van der Waals surface area contributed by atoms with Gasteiger partial charge < -0.3 is 10.8 Å². The molecule has 2 aromatic rings. The summed E-state index contributed by atoms with van der Waals surface area (Å²) in [6.45, 7) is 0. The Morgan fingerprint density at radius 3 is 2.26 bits per heavy atom. The second-order valence-electron chi connectivity index (χ2n) is 5.05. The highest BCUT2D eigenvalue weighted by Crippen LogP contribution is 2.33. The van der Waals surface area contributed by atoms with Gasteiger partial charge in [0.05, 0.1) is 17.7 Å². The Labute approximate surface area is 147 Å². The second-order valence-corrected chi connectivity index (χ2v) is 5.97. The van der Waals surface area contributed by atoms with Crippen molar-refractivity contribution in [2.45, 2.75) is 24.7 Å². The van der Waals surface area contributed by atoms with Crippen molar-refractivity contribution in [2.75, 3.05) is 0 Å². The Bertz CT molecular complexity index is 637. The highest BCUT2D eigenvalue weighted by molar-refractivity contribution is 9.10. The maximum atomic E-state index is 12.8. The molecule has 0 saturated carbocycles. The van der Waals surface area contributed by atoms with Crippen LogP contribution in [0, 0.1) is 0 Å². The van der Waals surface area contributed by atoms with Crippen LogP contribution in [-0.2, 0) is 12.6 Å². The van der Waals surface area contributed by atoms with Gasteiger partial charge in [-0.2, -0.15) is 13.2 Å². The van der Waals surface area contributed by atoms with Gasteiger partial charge in [0.15, 0.2) is 0 Å². The van der Waals surface area contributed by atoms with E-state index in [1.54, 1.807) is 0 Å². The molecule has 0 aliphatic rings. The molecular weight excluding hydrogens is 395 g/mol. The lowest BCUT2D eigenvalue weighted by molar-refractivity contribution is -0.137. The van der Waals surface area contributed by atoms with E-state index in [0.717, 1.165) is 17.7 Å². The van der Waals surface area contributed by atoms with Crippen LogP contribution >= 0.6 is 28.3 Å². The van der Waals surface area contributed by atoms with E-state index in [1.165, 1.54) is 6.07 Å². The van der Waals surface area contributed by atoms with E-state index < -0.39 is 23.9 Å². The fourth-order valence-corrected chi connectivity index (χ4v) is 2.68. The molecule has 2 nitrogen and oxygen atoms in total. The number of hydrogen-bond donors (Lipinski definition) is 2. The molecular formula is C16H16BrClF3NO. The highest BCUT2D eigenvalue weighted by atomic mass is 79.9. The zero-order chi connectivity index (χ0) is 16.3. The van der Waals surface area contributed by atoms with Crippen molar-refractivity contribution in [1.29, 1.82) is 0 Å². The first-order valence-electron chi connectivity index (χ1n) is 6.62. The van der Waals surface area contributed by atoms with Gasteiger partial charge in [0.2, 0.25) is 0 Å². The molecule has 0 fully saturated rings. The topological polar surface area (TPSA) is 46.2 Å². The number of halogens is 5. The summed E-state index contributed by atoms with van der Waals surface area (Å²) in [6, 6.07) is 11.7. The van der Waals surface area contributed by atoms with Crippen LogP contribution in [0.2, 0.25) is 0 Å². The molecule has 0 bridgehead atoms. The summed E-state index contributed by atoms with van der Waals surface area (Å²) in [5.41, 5.74) is 6.25. The smallest absolute Gasteiger partial charge is 0.391 e. The van der Waals surface area contributed by atoms with Crippen LogP contribution in [0.4, 0.5) is 13.2 Å². The molecule has 2 rings (SSSR count). The number of rotatable bonds is 4. The lowest BCUT2D eigenvalue weighted by Gasteiger charge is -2.21. The summed E-state index contributed by atoms with van der Waals surface area (Å²) >= 11 is 3.05. The molecule has 126 valence electrons. The Morgan fingerprint density at radius 1 is 1.09 bits per heavy atom. The molecule has 0 aromatic heterocycles. The highest BCUT2D eigenvalue weighted by Gasteiger charge is 2.32. The first-order valence-corrected chi connectivity index (χ1v) is 7.42. The number of aliphatic hydroxyl groups is 1. The predicted molar refractivity (Wildman–Crippen MR) is 89.5 cm³/mol. The van der Waals surface area contributed by atoms with Crippen molar-refractivity contribution in [1.82, 2.24) is 0 Å². The van der Waals surface area contributed by atoms with E-state index in [9.17, 15) is 18.3 Å². The van der Waals surface area contributed by atoms with Crippen LogP contribution in [0.3, 0.4) is 0 Å². The normalized spacial score (nSPS) is 14.0. The fraction of sp³-hybridized carbons (Fsp3) is 0.250. The van der Waals surface area contributed by atoms with Crippen LogP contribution in [0.1, 0.15) is 22.7 Å². The molecule has 7 heteroatoms. The molecule has 0 aliphatic carbocycles. The summed E-state index contributed by atoms with van der Waals surface area (Å²) in [5, 5.41) is 10.2. The maximum absolute atomic E-state index is 12.8. The molecule has 0 saturated heterocycles. The van der Waals surface area contributed by atoms with Gasteiger partial charge in [-0.15, -0.1) is 12.4 Å². The summed E-state index contributed by atoms with van der Waals surface area (Å²) in [4.78, 5) is 0. The van der Waals surface area contributed by atoms with Crippen molar-refractivity contribution in [3.05, 3.63) is 69.7 Å². The van der Waals surface area contributed by atoms with Gasteiger partial charge >= 0.3 is 6.18 Å². The lowest BCUT2D eigenvalue weighted by Crippen LogP contribution is -2.28. The number of hydrogen-bond acceptors (Lipinski definition) is 2. The first-order chi connectivity index (χ1) is 10.3. The number of benzene rings is 2. The molecule has 0 amide bonds. The average Bonchev–Trinajstić information content (AvgIpc) is 2.46.